The van der Waals surface area contributed by atoms with Crippen LogP contribution in [0, 0.1) is 0 Å². The summed E-state index contributed by atoms with van der Waals surface area (Å²) in [7, 11) is 0. The molecule has 2 rings (SSSR count). The van der Waals surface area contributed by atoms with Crippen LogP contribution in [0.3, 0.4) is 0 Å². The molecule has 0 N–H and O–H groups in total. The minimum Gasteiger partial charge on any atom is -0.0696 e. The highest BCUT2D eigenvalue weighted by Gasteiger charge is 2.03. The van der Waals surface area contributed by atoms with Gasteiger partial charge in [-0.3, -0.25) is 0 Å². The van der Waals surface area contributed by atoms with Gasteiger partial charge in [-0.1, -0.05) is 54.8 Å². The summed E-state index contributed by atoms with van der Waals surface area (Å²) in [6, 6.07) is 10.7. The Morgan fingerprint density at radius 2 is 1.43 bits per heavy atom. The molecule has 0 nitrogen and oxygen atoms in total. The number of allylic oxidation sites excluding steroid dienone is 1. The first-order valence-corrected chi connectivity index (χ1v) is 5.70. The summed E-state index contributed by atoms with van der Waals surface area (Å²) in [5.74, 6) is 0. The van der Waals surface area contributed by atoms with Crippen molar-refractivity contribution in [3.05, 3.63) is 41.5 Å². The maximum Gasteiger partial charge on any atom is -0.0257 e. The molecule has 0 aliphatic heterocycles. The van der Waals surface area contributed by atoms with E-state index in [0.29, 0.717) is 0 Å². The molecule has 0 radical (unpaired) electrons. The van der Waals surface area contributed by atoms with Crippen LogP contribution in [0.2, 0.25) is 0 Å². The topological polar surface area (TPSA) is 0 Å². The first-order valence-electron chi connectivity index (χ1n) is 5.70. The average Bonchev–Trinajstić information content (AvgIpc) is 2.48. The van der Waals surface area contributed by atoms with E-state index in [1.807, 2.05) is 0 Å². The Labute approximate surface area is 86.7 Å². The number of rotatable bonds is 1. The van der Waals surface area contributed by atoms with Gasteiger partial charge in [0.15, 0.2) is 0 Å². The Hall–Kier alpha value is -1.04. The Morgan fingerprint density at radius 1 is 0.786 bits per heavy atom. The number of hydrogen-bond donors (Lipinski definition) is 0. The van der Waals surface area contributed by atoms with Gasteiger partial charge in [-0.05, 0) is 31.2 Å². The molecule has 0 unspecified atom stereocenters. The van der Waals surface area contributed by atoms with Gasteiger partial charge in [0, 0.05) is 0 Å². The van der Waals surface area contributed by atoms with Crippen molar-refractivity contribution in [2.75, 3.05) is 0 Å². The predicted octanol–water partition coefficient (Wildman–Crippen LogP) is 4.42. The van der Waals surface area contributed by atoms with Gasteiger partial charge >= 0.3 is 0 Å². The molecule has 0 bridgehead atoms. The van der Waals surface area contributed by atoms with Crippen LogP contribution in [0.15, 0.2) is 35.9 Å². The summed E-state index contributed by atoms with van der Waals surface area (Å²) in [5.41, 5.74) is 3.01. The molecule has 0 heteroatoms. The van der Waals surface area contributed by atoms with E-state index in [0.717, 1.165) is 0 Å². The Morgan fingerprint density at radius 3 is 2.07 bits per heavy atom. The van der Waals surface area contributed by atoms with Crippen LogP contribution in [0.25, 0.3) is 6.08 Å². The minimum atomic E-state index is 1.31. The van der Waals surface area contributed by atoms with Crippen molar-refractivity contribution >= 4 is 6.08 Å². The van der Waals surface area contributed by atoms with Crippen LogP contribution in [-0.4, -0.2) is 0 Å². The second-order valence-electron chi connectivity index (χ2n) is 4.13. The van der Waals surface area contributed by atoms with Crippen LogP contribution in [0.4, 0.5) is 0 Å². The normalized spacial score (nSPS) is 17.6. The standard InChI is InChI=1S/C14H18/c1-2-5-9-13(8-4-1)12-14-10-6-3-7-11-14/h3,6-7,10-12H,1-2,4-5,8-9H2. The minimum absolute atomic E-state index is 1.31. The molecular weight excluding hydrogens is 168 g/mol. The van der Waals surface area contributed by atoms with E-state index in [1.54, 1.807) is 5.57 Å². The van der Waals surface area contributed by atoms with Crippen LogP contribution in [-0.2, 0) is 0 Å². The third-order valence-electron chi connectivity index (χ3n) is 2.92. The smallest absolute Gasteiger partial charge is 0.0257 e. The number of hydrogen-bond acceptors (Lipinski definition) is 0. The van der Waals surface area contributed by atoms with Gasteiger partial charge in [-0.2, -0.15) is 0 Å². The maximum absolute atomic E-state index is 2.38. The van der Waals surface area contributed by atoms with E-state index in [1.165, 1.54) is 44.1 Å². The summed E-state index contributed by atoms with van der Waals surface area (Å²) in [6.45, 7) is 0. The molecule has 1 aromatic rings. The molecule has 1 saturated carbocycles. The molecule has 1 fully saturated rings. The summed E-state index contributed by atoms with van der Waals surface area (Å²) >= 11 is 0. The van der Waals surface area contributed by atoms with Crippen LogP contribution in [0.1, 0.15) is 44.1 Å². The molecule has 0 saturated heterocycles. The van der Waals surface area contributed by atoms with Crippen molar-refractivity contribution in [2.45, 2.75) is 38.5 Å². The third-order valence-corrected chi connectivity index (χ3v) is 2.92. The lowest BCUT2D eigenvalue weighted by molar-refractivity contribution is 0.702. The average molecular weight is 186 g/mol. The molecule has 0 spiro atoms. The summed E-state index contributed by atoms with van der Waals surface area (Å²) in [5, 5.41) is 0. The fraction of sp³-hybridized carbons (Fsp3) is 0.429. The van der Waals surface area contributed by atoms with Crippen LogP contribution in [0.5, 0.6) is 0 Å². The van der Waals surface area contributed by atoms with E-state index < -0.39 is 0 Å². The largest absolute Gasteiger partial charge is 0.0696 e. The van der Waals surface area contributed by atoms with Crippen molar-refractivity contribution in [1.29, 1.82) is 0 Å². The fourth-order valence-electron chi connectivity index (χ4n) is 2.11. The van der Waals surface area contributed by atoms with Crippen LogP contribution < -0.4 is 0 Å². The Bertz CT molecular complexity index is 285. The van der Waals surface area contributed by atoms with Crippen molar-refractivity contribution in [3.63, 3.8) is 0 Å². The van der Waals surface area contributed by atoms with Crippen molar-refractivity contribution in [2.24, 2.45) is 0 Å². The van der Waals surface area contributed by atoms with E-state index >= 15 is 0 Å². The lowest BCUT2D eigenvalue weighted by Gasteiger charge is -2.02. The molecule has 0 heterocycles. The van der Waals surface area contributed by atoms with E-state index in [-0.39, 0.29) is 0 Å². The van der Waals surface area contributed by atoms with Gasteiger partial charge < -0.3 is 0 Å². The quantitative estimate of drug-likeness (QED) is 0.569. The zero-order chi connectivity index (χ0) is 9.64. The SMILES string of the molecule is C(=C1CCCCCC1)c1ccccc1. The molecule has 74 valence electrons. The molecule has 1 aliphatic carbocycles. The lowest BCUT2D eigenvalue weighted by Crippen LogP contribution is -1.81. The van der Waals surface area contributed by atoms with Gasteiger partial charge in [-0.15, -0.1) is 0 Å². The predicted molar refractivity (Wildman–Crippen MR) is 62.1 cm³/mol. The zero-order valence-electron chi connectivity index (χ0n) is 8.71. The second kappa shape index (κ2) is 4.99. The second-order valence-corrected chi connectivity index (χ2v) is 4.13. The first-order chi connectivity index (χ1) is 6.95. The molecule has 14 heavy (non-hydrogen) atoms. The van der Waals surface area contributed by atoms with Gasteiger partial charge in [0.25, 0.3) is 0 Å². The van der Waals surface area contributed by atoms with Gasteiger partial charge in [-0.25, -0.2) is 0 Å². The lowest BCUT2D eigenvalue weighted by atomic mass is 10.0. The summed E-state index contributed by atoms with van der Waals surface area (Å²) in [6.07, 6.45) is 10.6. The third kappa shape index (κ3) is 2.73. The van der Waals surface area contributed by atoms with Crippen molar-refractivity contribution < 1.29 is 0 Å². The van der Waals surface area contributed by atoms with Gasteiger partial charge in [0.05, 0.1) is 0 Å². The summed E-state index contributed by atoms with van der Waals surface area (Å²) < 4.78 is 0. The van der Waals surface area contributed by atoms with E-state index in [4.69, 9.17) is 0 Å². The first kappa shape index (κ1) is 9.51. The van der Waals surface area contributed by atoms with E-state index in [9.17, 15) is 0 Å². The Kier molecular flexibility index (Phi) is 3.39. The van der Waals surface area contributed by atoms with Gasteiger partial charge in [0.1, 0.15) is 0 Å². The molecular formula is C14H18. The molecule has 0 aromatic heterocycles. The molecule has 0 amide bonds. The zero-order valence-corrected chi connectivity index (χ0v) is 8.71. The van der Waals surface area contributed by atoms with Gasteiger partial charge in [0.2, 0.25) is 0 Å². The highest BCUT2D eigenvalue weighted by molar-refractivity contribution is 5.52. The molecule has 0 atom stereocenters. The fourth-order valence-corrected chi connectivity index (χ4v) is 2.11. The van der Waals surface area contributed by atoms with E-state index in [2.05, 4.69) is 36.4 Å². The molecule has 1 aliphatic rings. The summed E-state index contributed by atoms with van der Waals surface area (Å²) in [4.78, 5) is 0. The molecule has 1 aromatic carbocycles. The monoisotopic (exact) mass is 186 g/mol. The maximum atomic E-state index is 2.38. The highest BCUT2D eigenvalue weighted by atomic mass is 14.1. The Balaban J connectivity index is 2.09. The van der Waals surface area contributed by atoms with Crippen molar-refractivity contribution in [1.82, 2.24) is 0 Å². The van der Waals surface area contributed by atoms with Crippen LogP contribution >= 0.6 is 0 Å². The van der Waals surface area contributed by atoms with Crippen molar-refractivity contribution in [3.8, 4) is 0 Å². The highest BCUT2D eigenvalue weighted by Crippen LogP contribution is 2.23. The number of benzene rings is 1.